The number of imidazole rings is 1. The summed E-state index contributed by atoms with van der Waals surface area (Å²) in [4.78, 5) is 18.9. The molecule has 1 aromatic heterocycles. The molecule has 0 atom stereocenters. The molecule has 1 heterocycles. The maximum atomic E-state index is 13.1. The van der Waals surface area contributed by atoms with Gasteiger partial charge in [-0.25, -0.2) is 14.2 Å². The molecule has 0 spiro atoms. The van der Waals surface area contributed by atoms with Crippen LogP contribution in [0.4, 0.5) is 9.18 Å². The van der Waals surface area contributed by atoms with E-state index in [0.29, 0.717) is 24.5 Å². The van der Waals surface area contributed by atoms with Crippen molar-refractivity contribution in [3.8, 4) is 0 Å². The first-order valence-electron chi connectivity index (χ1n) is 6.89. The number of nitrogens with zero attached hydrogens (tertiary/aromatic N) is 1. The molecule has 20 heavy (non-hydrogen) atoms. The topological polar surface area (TPSA) is 69.8 Å². The summed E-state index contributed by atoms with van der Waals surface area (Å²) in [5, 5.41) is 5.71. The van der Waals surface area contributed by atoms with E-state index in [-0.39, 0.29) is 11.8 Å². The van der Waals surface area contributed by atoms with Gasteiger partial charge in [-0.05, 0) is 37.5 Å². The Morgan fingerprint density at radius 1 is 1.45 bits per heavy atom. The molecule has 0 aliphatic heterocycles. The average molecular weight is 276 g/mol. The average Bonchev–Trinajstić information content (AvgIpc) is 2.75. The number of H-pyrrole nitrogens is 1. The Morgan fingerprint density at radius 3 is 3.05 bits per heavy atom. The molecule has 1 aliphatic carbocycles. The fourth-order valence-electron chi connectivity index (χ4n) is 2.24. The number of urea groups is 1. The van der Waals surface area contributed by atoms with Crippen LogP contribution >= 0.6 is 0 Å². The van der Waals surface area contributed by atoms with Gasteiger partial charge in [0, 0.05) is 19.0 Å². The van der Waals surface area contributed by atoms with Gasteiger partial charge >= 0.3 is 6.03 Å². The molecular weight excluding hydrogens is 259 g/mol. The van der Waals surface area contributed by atoms with Crippen LogP contribution in [0.2, 0.25) is 0 Å². The van der Waals surface area contributed by atoms with Crippen molar-refractivity contribution in [2.45, 2.75) is 31.7 Å². The summed E-state index contributed by atoms with van der Waals surface area (Å²) in [6.07, 6.45) is 3.93. The van der Waals surface area contributed by atoms with Gasteiger partial charge in [0.2, 0.25) is 0 Å². The number of amides is 2. The number of halogens is 1. The zero-order chi connectivity index (χ0) is 13.9. The lowest BCUT2D eigenvalue weighted by molar-refractivity contribution is 0.228. The van der Waals surface area contributed by atoms with Crippen molar-refractivity contribution in [1.29, 1.82) is 0 Å². The highest BCUT2D eigenvalue weighted by atomic mass is 19.1. The van der Waals surface area contributed by atoms with E-state index in [9.17, 15) is 9.18 Å². The Morgan fingerprint density at radius 2 is 2.30 bits per heavy atom. The molecule has 6 heteroatoms. The Bertz CT molecular complexity index is 621. The maximum Gasteiger partial charge on any atom is 0.315 e. The molecule has 0 unspecified atom stereocenters. The molecule has 0 saturated heterocycles. The summed E-state index contributed by atoms with van der Waals surface area (Å²) in [6, 6.07) is 4.65. The number of benzene rings is 1. The Balaban J connectivity index is 1.50. The predicted molar refractivity (Wildman–Crippen MR) is 73.9 cm³/mol. The molecule has 0 radical (unpaired) electrons. The van der Waals surface area contributed by atoms with Gasteiger partial charge in [0.1, 0.15) is 11.6 Å². The van der Waals surface area contributed by atoms with Crippen molar-refractivity contribution >= 4 is 17.1 Å². The van der Waals surface area contributed by atoms with Gasteiger partial charge < -0.3 is 15.6 Å². The van der Waals surface area contributed by atoms with E-state index in [2.05, 4.69) is 20.6 Å². The summed E-state index contributed by atoms with van der Waals surface area (Å²) in [5.74, 6) is 0.459. The fraction of sp³-hybridized carbons (Fsp3) is 0.429. The van der Waals surface area contributed by atoms with E-state index >= 15 is 0 Å². The normalized spacial score (nSPS) is 15.1. The van der Waals surface area contributed by atoms with E-state index < -0.39 is 0 Å². The minimum absolute atomic E-state index is 0.128. The van der Waals surface area contributed by atoms with Gasteiger partial charge in [0.15, 0.2) is 0 Å². The van der Waals surface area contributed by atoms with Crippen LogP contribution in [0.3, 0.4) is 0 Å². The van der Waals surface area contributed by atoms with E-state index in [1.54, 1.807) is 6.07 Å². The van der Waals surface area contributed by atoms with Crippen LogP contribution in [0.25, 0.3) is 11.0 Å². The van der Waals surface area contributed by atoms with Crippen molar-refractivity contribution in [3.05, 3.63) is 29.8 Å². The van der Waals surface area contributed by atoms with Crippen LogP contribution in [0.5, 0.6) is 0 Å². The lowest BCUT2D eigenvalue weighted by Crippen LogP contribution is -2.45. The molecule has 3 rings (SSSR count). The number of nitrogens with one attached hydrogen (secondary N) is 3. The summed E-state index contributed by atoms with van der Waals surface area (Å²) in [6.45, 7) is 0.501. The zero-order valence-corrected chi connectivity index (χ0v) is 11.1. The first-order valence-corrected chi connectivity index (χ1v) is 6.89. The molecule has 5 nitrogen and oxygen atoms in total. The number of aromatic nitrogens is 2. The van der Waals surface area contributed by atoms with Crippen molar-refractivity contribution in [2.75, 3.05) is 6.54 Å². The minimum atomic E-state index is -0.286. The second-order valence-electron chi connectivity index (χ2n) is 5.12. The van der Waals surface area contributed by atoms with Crippen LogP contribution in [0.1, 0.15) is 25.1 Å². The lowest BCUT2D eigenvalue weighted by atomic mass is 9.93. The van der Waals surface area contributed by atoms with Gasteiger partial charge in [-0.1, -0.05) is 0 Å². The molecule has 1 aliphatic rings. The molecule has 1 fully saturated rings. The third kappa shape index (κ3) is 2.89. The van der Waals surface area contributed by atoms with Gasteiger partial charge in [-0.2, -0.15) is 0 Å². The molecule has 1 aromatic carbocycles. The molecule has 3 N–H and O–H groups in total. The Kier molecular flexibility index (Phi) is 3.54. The van der Waals surface area contributed by atoms with Gasteiger partial charge in [-0.15, -0.1) is 0 Å². The Hall–Kier alpha value is -2.11. The number of hydrogen-bond acceptors (Lipinski definition) is 2. The monoisotopic (exact) mass is 276 g/mol. The summed E-state index contributed by atoms with van der Waals surface area (Å²) >= 11 is 0. The van der Waals surface area contributed by atoms with Crippen LogP contribution in [-0.2, 0) is 6.42 Å². The van der Waals surface area contributed by atoms with Gasteiger partial charge in [0.25, 0.3) is 0 Å². The van der Waals surface area contributed by atoms with Crippen molar-refractivity contribution in [3.63, 3.8) is 0 Å². The number of rotatable bonds is 4. The first kappa shape index (κ1) is 12.9. The second kappa shape index (κ2) is 5.48. The van der Waals surface area contributed by atoms with Crippen LogP contribution < -0.4 is 10.6 Å². The number of carbonyl (C=O) groups is 1. The number of aromatic amines is 1. The lowest BCUT2D eigenvalue weighted by Gasteiger charge is -2.26. The third-order valence-corrected chi connectivity index (χ3v) is 3.58. The number of hydrogen-bond donors (Lipinski definition) is 3. The number of carbonyl (C=O) groups excluding carboxylic acids is 1. The highest BCUT2D eigenvalue weighted by molar-refractivity contribution is 5.75. The smallest absolute Gasteiger partial charge is 0.315 e. The molecule has 2 aromatic rings. The Labute approximate surface area is 116 Å². The maximum absolute atomic E-state index is 13.1. The number of fused-ring (bicyclic) bond motifs is 1. The zero-order valence-electron chi connectivity index (χ0n) is 11.1. The molecular formula is C14H17FN4O. The van der Waals surface area contributed by atoms with Crippen LogP contribution in [0.15, 0.2) is 18.2 Å². The summed E-state index contributed by atoms with van der Waals surface area (Å²) in [5.41, 5.74) is 1.42. The largest absolute Gasteiger partial charge is 0.342 e. The van der Waals surface area contributed by atoms with Crippen LogP contribution in [-0.4, -0.2) is 28.6 Å². The minimum Gasteiger partial charge on any atom is -0.342 e. The van der Waals surface area contributed by atoms with Crippen molar-refractivity contribution in [1.82, 2.24) is 20.6 Å². The third-order valence-electron chi connectivity index (χ3n) is 3.58. The summed E-state index contributed by atoms with van der Waals surface area (Å²) in [7, 11) is 0. The molecule has 1 saturated carbocycles. The molecule has 0 bridgehead atoms. The van der Waals surface area contributed by atoms with Crippen LogP contribution in [0, 0.1) is 5.82 Å². The van der Waals surface area contributed by atoms with E-state index in [0.717, 1.165) is 24.2 Å². The highest BCUT2D eigenvalue weighted by Gasteiger charge is 2.18. The van der Waals surface area contributed by atoms with Crippen molar-refractivity contribution < 1.29 is 9.18 Å². The molecule has 106 valence electrons. The van der Waals surface area contributed by atoms with E-state index in [4.69, 9.17) is 0 Å². The molecule has 2 amide bonds. The highest BCUT2D eigenvalue weighted by Crippen LogP contribution is 2.17. The quantitative estimate of drug-likeness (QED) is 0.800. The second-order valence-corrected chi connectivity index (χ2v) is 5.12. The fourth-order valence-corrected chi connectivity index (χ4v) is 2.24. The van der Waals surface area contributed by atoms with Gasteiger partial charge in [0.05, 0.1) is 11.0 Å². The standard InChI is InChI=1S/C14H17FN4O/c15-9-4-5-11-12(8-9)19-13(18-11)6-7-16-14(20)17-10-2-1-3-10/h4-5,8,10H,1-3,6-7H2,(H,18,19)(H2,16,17,20). The van der Waals surface area contributed by atoms with E-state index in [1.165, 1.54) is 18.6 Å². The van der Waals surface area contributed by atoms with Crippen molar-refractivity contribution in [2.24, 2.45) is 0 Å². The SMILES string of the molecule is O=C(NCCc1nc2ccc(F)cc2[nH]1)NC1CCC1. The first-order chi connectivity index (χ1) is 9.70. The summed E-state index contributed by atoms with van der Waals surface area (Å²) < 4.78 is 13.1. The van der Waals surface area contributed by atoms with Gasteiger partial charge in [-0.3, -0.25) is 0 Å². The predicted octanol–water partition coefficient (Wildman–Crippen LogP) is 2.10. The van der Waals surface area contributed by atoms with E-state index in [1.807, 2.05) is 0 Å².